The molecule has 0 aliphatic rings. The lowest BCUT2D eigenvalue weighted by atomic mass is 10.1. The molecule has 0 radical (unpaired) electrons. The monoisotopic (exact) mass is 674 g/mol. The third kappa shape index (κ3) is 5.36. The summed E-state index contributed by atoms with van der Waals surface area (Å²) < 4.78 is 117. The largest absolute Gasteiger partial charge is 0.270 e. The lowest BCUT2D eigenvalue weighted by molar-refractivity contribution is 0.515. The smallest absolute Gasteiger partial charge is 0.258 e. The summed E-state index contributed by atoms with van der Waals surface area (Å²) in [6, 6.07) is 13.2. The van der Waals surface area contributed by atoms with Gasteiger partial charge in [-0.15, -0.1) is 15.3 Å². The number of halogens is 4. The first-order valence-electron chi connectivity index (χ1n) is 12.9. The fourth-order valence-electron chi connectivity index (χ4n) is 4.74. The predicted molar refractivity (Wildman–Crippen MR) is 152 cm³/mol. The van der Waals surface area contributed by atoms with Crippen LogP contribution in [-0.4, -0.2) is 58.1 Å². The van der Waals surface area contributed by atoms with Gasteiger partial charge in [-0.1, -0.05) is 41.6 Å². The third-order valence-corrected chi connectivity index (χ3v) is 10.3. The zero-order valence-electron chi connectivity index (χ0n) is 22.9. The highest BCUT2D eigenvalue weighted by Crippen LogP contribution is 2.40. The Labute approximate surface area is 256 Å². The highest BCUT2D eigenvalue weighted by molar-refractivity contribution is 7.93. The second kappa shape index (κ2) is 11.8. The number of H-pyrrole nitrogens is 2. The Balaban J connectivity index is 1.59. The van der Waals surface area contributed by atoms with Crippen molar-refractivity contribution in [2.75, 3.05) is 8.61 Å². The molecular formula is C26H18F4N10O4S2. The summed E-state index contributed by atoms with van der Waals surface area (Å²) in [6.07, 6.45) is 0. The van der Waals surface area contributed by atoms with E-state index in [4.69, 9.17) is 0 Å². The minimum Gasteiger partial charge on any atom is -0.258 e. The van der Waals surface area contributed by atoms with Crippen LogP contribution in [-0.2, 0) is 33.1 Å². The molecule has 6 aromatic rings. The van der Waals surface area contributed by atoms with Crippen LogP contribution >= 0.6 is 0 Å². The number of tetrazole rings is 2. The normalized spacial score (nSPS) is 12.0. The number of benzene rings is 4. The molecule has 0 bridgehead atoms. The Kier molecular flexibility index (Phi) is 7.82. The maximum Gasteiger partial charge on any atom is 0.270 e. The molecule has 0 aliphatic heterocycles. The number of rotatable bonds is 10. The van der Waals surface area contributed by atoms with Crippen LogP contribution in [0, 0.1) is 23.3 Å². The average Bonchev–Trinajstić information content (AvgIpc) is 3.73. The van der Waals surface area contributed by atoms with Gasteiger partial charge in [0, 0.05) is 10.8 Å². The molecule has 2 heterocycles. The van der Waals surface area contributed by atoms with Gasteiger partial charge in [-0.2, -0.15) is 5.21 Å². The Bertz CT molecular complexity index is 2070. The average molecular weight is 675 g/mol. The van der Waals surface area contributed by atoms with Crippen LogP contribution in [0.25, 0.3) is 10.8 Å². The molecule has 0 atom stereocenters. The van der Waals surface area contributed by atoms with Crippen molar-refractivity contribution in [1.82, 2.24) is 41.2 Å². The van der Waals surface area contributed by atoms with E-state index in [9.17, 15) is 34.4 Å². The number of fused-ring (bicyclic) bond motifs is 1. The van der Waals surface area contributed by atoms with E-state index in [1.807, 2.05) is 0 Å². The minimum absolute atomic E-state index is 0.0497. The van der Waals surface area contributed by atoms with Crippen molar-refractivity contribution in [2.24, 2.45) is 0 Å². The molecule has 20 heteroatoms. The molecule has 4 aromatic carbocycles. The first kappa shape index (κ1) is 30.5. The number of hydrogen-bond donors (Lipinski definition) is 2. The van der Waals surface area contributed by atoms with E-state index in [0.717, 1.165) is 48.5 Å². The summed E-state index contributed by atoms with van der Waals surface area (Å²) in [5, 5.41) is 26.1. The van der Waals surface area contributed by atoms with Crippen LogP contribution in [0.3, 0.4) is 0 Å². The number of hydrogen-bond acceptors (Lipinski definition) is 10. The fraction of sp³-hybridized carbons (Fsp3) is 0.0769. The molecule has 2 N–H and O–H groups in total. The molecule has 0 unspecified atom stereocenters. The number of nitrogens with one attached hydrogen (secondary N) is 2. The molecule has 0 saturated heterocycles. The van der Waals surface area contributed by atoms with Gasteiger partial charge in [0.25, 0.3) is 20.0 Å². The van der Waals surface area contributed by atoms with E-state index in [-0.39, 0.29) is 33.8 Å². The second-order valence-corrected chi connectivity index (χ2v) is 13.0. The molecule has 0 fully saturated rings. The SMILES string of the molecule is O=S(=O)(c1c(F)cccc1F)N(Cc1nn[nH]n1)c1ccc(N(Cc2nnn[nH]2)S(=O)(=O)c2c(F)cccc2F)c2ccccc12. The Hall–Kier alpha value is -5.50. The molecule has 0 saturated carbocycles. The Morgan fingerprint density at radius 3 is 1.54 bits per heavy atom. The summed E-state index contributed by atoms with van der Waals surface area (Å²) in [7, 11) is -10.1. The first-order valence-corrected chi connectivity index (χ1v) is 15.8. The summed E-state index contributed by atoms with van der Waals surface area (Å²) in [4.78, 5) is -2.52. The maximum atomic E-state index is 14.9. The van der Waals surface area contributed by atoms with E-state index in [2.05, 4.69) is 41.2 Å². The van der Waals surface area contributed by atoms with Gasteiger partial charge in [0.2, 0.25) is 0 Å². The van der Waals surface area contributed by atoms with E-state index < -0.39 is 66.2 Å². The van der Waals surface area contributed by atoms with Crippen LogP contribution < -0.4 is 8.61 Å². The fourth-order valence-corrected chi connectivity index (χ4v) is 7.85. The van der Waals surface area contributed by atoms with Crippen LogP contribution in [0.15, 0.2) is 82.6 Å². The van der Waals surface area contributed by atoms with Gasteiger partial charge in [0.15, 0.2) is 21.4 Å². The van der Waals surface area contributed by atoms with Gasteiger partial charge in [-0.25, -0.2) is 39.5 Å². The number of nitrogens with zero attached hydrogens (tertiary/aromatic N) is 8. The van der Waals surface area contributed by atoms with E-state index >= 15 is 0 Å². The quantitative estimate of drug-likeness (QED) is 0.205. The van der Waals surface area contributed by atoms with E-state index in [0.29, 0.717) is 8.61 Å². The molecule has 0 spiro atoms. The molecule has 0 amide bonds. The lowest BCUT2D eigenvalue weighted by Crippen LogP contribution is -2.34. The molecule has 2 aromatic heterocycles. The molecule has 236 valence electrons. The zero-order valence-corrected chi connectivity index (χ0v) is 24.5. The predicted octanol–water partition coefficient (Wildman–Crippen LogP) is 3.21. The summed E-state index contributed by atoms with van der Waals surface area (Å²) >= 11 is 0. The van der Waals surface area contributed by atoms with Gasteiger partial charge in [-0.3, -0.25) is 8.61 Å². The van der Waals surface area contributed by atoms with Crippen LogP contribution in [0.2, 0.25) is 0 Å². The van der Waals surface area contributed by atoms with Crippen molar-refractivity contribution in [3.8, 4) is 0 Å². The van der Waals surface area contributed by atoms with Crippen LogP contribution in [0.1, 0.15) is 11.6 Å². The Morgan fingerprint density at radius 1 is 0.609 bits per heavy atom. The third-order valence-electron chi connectivity index (χ3n) is 6.71. The summed E-state index contributed by atoms with van der Waals surface area (Å²) in [5.41, 5.74) is -0.352. The molecule has 6 rings (SSSR count). The molecule has 14 nitrogen and oxygen atoms in total. The van der Waals surface area contributed by atoms with Crippen molar-refractivity contribution >= 4 is 42.2 Å². The highest BCUT2D eigenvalue weighted by atomic mass is 32.2. The van der Waals surface area contributed by atoms with Gasteiger partial charge in [-0.05, 0) is 46.8 Å². The first-order chi connectivity index (χ1) is 22.0. The van der Waals surface area contributed by atoms with Crippen molar-refractivity contribution in [1.29, 1.82) is 0 Å². The molecular weight excluding hydrogens is 656 g/mol. The van der Waals surface area contributed by atoms with Crippen molar-refractivity contribution in [3.63, 3.8) is 0 Å². The number of aromatic nitrogens is 8. The van der Waals surface area contributed by atoms with E-state index in [1.54, 1.807) is 0 Å². The molecule has 0 aliphatic carbocycles. The number of sulfonamides is 2. The lowest BCUT2D eigenvalue weighted by Gasteiger charge is -2.28. The molecule has 46 heavy (non-hydrogen) atoms. The maximum absolute atomic E-state index is 14.9. The van der Waals surface area contributed by atoms with Gasteiger partial charge < -0.3 is 0 Å². The minimum atomic E-state index is -5.04. The number of aromatic amines is 2. The van der Waals surface area contributed by atoms with Crippen LogP contribution in [0.4, 0.5) is 28.9 Å². The standard InChI is InChI=1S/C26H18F4N10O4S2/c27-17-7-3-8-18(28)25(17)45(41,42)39(13-23-31-35-36-32-23)21-11-12-22(16-6-2-1-5-15(16)21)40(14-24-33-37-38-34-24)46(43,44)26-19(29)9-4-10-20(26)30/h1-12H,13-14H2,(H,31,32,35,36)(H,33,34,37,38). The highest BCUT2D eigenvalue weighted by Gasteiger charge is 2.36. The summed E-state index contributed by atoms with van der Waals surface area (Å²) in [6.45, 7) is -1.31. The van der Waals surface area contributed by atoms with Gasteiger partial charge in [0.1, 0.15) is 23.3 Å². The zero-order chi connectivity index (χ0) is 32.6. The topological polar surface area (TPSA) is 184 Å². The second-order valence-electron chi connectivity index (χ2n) is 9.45. The van der Waals surface area contributed by atoms with Crippen molar-refractivity contribution < 1.29 is 34.4 Å². The van der Waals surface area contributed by atoms with Gasteiger partial charge in [0.05, 0.1) is 24.5 Å². The Morgan fingerprint density at radius 2 is 1.11 bits per heavy atom. The van der Waals surface area contributed by atoms with Gasteiger partial charge >= 0.3 is 0 Å². The van der Waals surface area contributed by atoms with Crippen molar-refractivity contribution in [3.05, 3.63) is 108 Å². The van der Waals surface area contributed by atoms with Crippen molar-refractivity contribution in [2.45, 2.75) is 22.9 Å². The summed E-state index contributed by atoms with van der Waals surface area (Å²) in [5.74, 6) is -5.76. The number of anilines is 2. The van der Waals surface area contributed by atoms with Crippen LogP contribution in [0.5, 0.6) is 0 Å². The van der Waals surface area contributed by atoms with E-state index in [1.165, 1.54) is 24.3 Å².